The van der Waals surface area contributed by atoms with Crippen molar-refractivity contribution in [3.05, 3.63) is 59.0 Å². The van der Waals surface area contributed by atoms with Crippen molar-refractivity contribution in [1.29, 1.82) is 0 Å². The van der Waals surface area contributed by atoms with E-state index in [9.17, 15) is 4.79 Å². The molecule has 0 aliphatic heterocycles. The number of benzene rings is 1. The Morgan fingerprint density at radius 1 is 1.25 bits per heavy atom. The quantitative estimate of drug-likeness (QED) is 0.850. The summed E-state index contributed by atoms with van der Waals surface area (Å²) in [6.07, 6.45) is 0. The number of hydrogen-bond donors (Lipinski definition) is 1. The van der Waals surface area contributed by atoms with Gasteiger partial charge >= 0.3 is 5.97 Å². The summed E-state index contributed by atoms with van der Waals surface area (Å²) in [5, 5.41) is 3.36. The maximum atomic E-state index is 11.3. The van der Waals surface area contributed by atoms with Crippen molar-refractivity contribution in [3.8, 4) is 0 Å². The van der Waals surface area contributed by atoms with Gasteiger partial charge in [-0.2, -0.15) is 0 Å². The van der Waals surface area contributed by atoms with Crippen LogP contribution < -0.4 is 5.32 Å². The van der Waals surface area contributed by atoms with Crippen LogP contribution in [0.2, 0.25) is 0 Å². The fourth-order valence-corrected chi connectivity index (χ4v) is 1.91. The van der Waals surface area contributed by atoms with Crippen molar-refractivity contribution in [2.45, 2.75) is 26.4 Å². The van der Waals surface area contributed by atoms with Gasteiger partial charge in [-0.1, -0.05) is 29.8 Å². The largest absolute Gasteiger partial charge is 0.463 e. The molecule has 0 fully saturated rings. The van der Waals surface area contributed by atoms with Gasteiger partial charge in [0.15, 0.2) is 0 Å². The predicted molar refractivity (Wildman–Crippen MR) is 76.5 cm³/mol. The molecule has 0 aliphatic rings. The Labute approximate surface area is 118 Å². The van der Waals surface area contributed by atoms with Crippen LogP contribution in [-0.4, -0.2) is 13.1 Å². The summed E-state index contributed by atoms with van der Waals surface area (Å²) in [6.45, 7) is 4.72. The molecule has 0 spiro atoms. The Morgan fingerprint density at radius 3 is 2.60 bits per heavy atom. The third-order valence-corrected chi connectivity index (χ3v) is 3.21. The molecule has 20 heavy (non-hydrogen) atoms. The number of rotatable bonds is 5. The van der Waals surface area contributed by atoms with Crippen LogP contribution in [0.5, 0.6) is 0 Å². The second-order valence-electron chi connectivity index (χ2n) is 4.77. The zero-order chi connectivity index (χ0) is 14.5. The van der Waals surface area contributed by atoms with Gasteiger partial charge in [-0.05, 0) is 31.5 Å². The van der Waals surface area contributed by atoms with Crippen LogP contribution in [-0.2, 0) is 11.3 Å². The van der Waals surface area contributed by atoms with Crippen LogP contribution in [0.1, 0.15) is 40.4 Å². The van der Waals surface area contributed by atoms with Crippen molar-refractivity contribution in [2.75, 3.05) is 7.11 Å². The molecule has 4 nitrogen and oxygen atoms in total. The number of esters is 1. The molecule has 1 unspecified atom stereocenters. The highest BCUT2D eigenvalue weighted by Gasteiger charge is 2.11. The molecule has 0 amide bonds. The van der Waals surface area contributed by atoms with E-state index in [1.807, 2.05) is 0 Å². The van der Waals surface area contributed by atoms with Crippen LogP contribution in [0.4, 0.5) is 0 Å². The number of methoxy groups -OCH3 is 1. The van der Waals surface area contributed by atoms with Crippen molar-refractivity contribution in [3.63, 3.8) is 0 Å². The molecule has 1 aromatic heterocycles. The van der Waals surface area contributed by atoms with E-state index in [4.69, 9.17) is 4.42 Å². The van der Waals surface area contributed by atoms with Crippen LogP contribution >= 0.6 is 0 Å². The minimum Gasteiger partial charge on any atom is -0.463 e. The molecule has 2 aromatic rings. The van der Waals surface area contributed by atoms with Gasteiger partial charge in [-0.15, -0.1) is 0 Å². The van der Waals surface area contributed by atoms with Crippen molar-refractivity contribution in [1.82, 2.24) is 5.32 Å². The minimum atomic E-state index is -0.456. The van der Waals surface area contributed by atoms with E-state index in [0.29, 0.717) is 12.3 Å². The molecule has 1 atom stereocenters. The normalized spacial score (nSPS) is 12.2. The summed E-state index contributed by atoms with van der Waals surface area (Å²) >= 11 is 0. The molecule has 4 heteroatoms. The zero-order valence-corrected chi connectivity index (χ0v) is 12.0. The molecular weight excluding hydrogens is 254 g/mol. The third-order valence-electron chi connectivity index (χ3n) is 3.21. The highest BCUT2D eigenvalue weighted by atomic mass is 16.5. The first-order valence-electron chi connectivity index (χ1n) is 6.57. The van der Waals surface area contributed by atoms with Crippen LogP contribution in [0.3, 0.4) is 0 Å². The summed E-state index contributed by atoms with van der Waals surface area (Å²) in [5.41, 5.74) is 2.46. The number of carbonyl (C=O) groups is 1. The van der Waals surface area contributed by atoms with Gasteiger partial charge in [0, 0.05) is 6.04 Å². The van der Waals surface area contributed by atoms with E-state index in [-0.39, 0.29) is 11.8 Å². The molecule has 1 heterocycles. The van der Waals surface area contributed by atoms with Crippen LogP contribution in [0.15, 0.2) is 40.8 Å². The standard InChI is InChI=1S/C16H19NO3/c1-11-4-6-13(7-5-11)12(2)17-10-14-8-9-15(20-14)16(18)19-3/h4-9,12,17H,10H2,1-3H3. The number of ether oxygens (including phenoxy) is 1. The maximum absolute atomic E-state index is 11.3. The fraction of sp³-hybridized carbons (Fsp3) is 0.312. The Morgan fingerprint density at radius 2 is 1.95 bits per heavy atom. The van der Waals surface area contributed by atoms with Gasteiger partial charge in [0.2, 0.25) is 5.76 Å². The molecule has 106 valence electrons. The lowest BCUT2D eigenvalue weighted by Gasteiger charge is -2.13. The second kappa shape index (κ2) is 6.39. The maximum Gasteiger partial charge on any atom is 0.373 e. The molecule has 0 saturated carbocycles. The third kappa shape index (κ3) is 3.48. The summed E-state index contributed by atoms with van der Waals surface area (Å²) in [7, 11) is 1.34. The smallest absolute Gasteiger partial charge is 0.373 e. The summed E-state index contributed by atoms with van der Waals surface area (Å²) in [6, 6.07) is 12.0. The van der Waals surface area contributed by atoms with Gasteiger partial charge in [-0.3, -0.25) is 0 Å². The number of aryl methyl sites for hydroxylation is 1. The van der Waals surface area contributed by atoms with E-state index in [1.165, 1.54) is 18.2 Å². The van der Waals surface area contributed by atoms with E-state index in [1.54, 1.807) is 12.1 Å². The SMILES string of the molecule is COC(=O)c1ccc(CNC(C)c2ccc(C)cc2)o1. The average Bonchev–Trinajstić information content (AvgIpc) is 2.93. The molecule has 1 N–H and O–H groups in total. The average molecular weight is 273 g/mol. The van der Waals surface area contributed by atoms with Crippen molar-refractivity contribution in [2.24, 2.45) is 0 Å². The summed E-state index contributed by atoms with van der Waals surface area (Å²) in [4.78, 5) is 11.3. The van der Waals surface area contributed by atoms with E-state index in [2.05, 4.69) is 48.2 Å². The highest BCUT2D eigenvalue weighted by Crippen LogP contribution is 2.15. The predicted octanol–water partition coefficient (Wildman–Crippen LogP) is 3.23. The number of carbonyl (C=O) groups excluding carboxylic acids is 1. The van der Waals surface area contributed by atoms with Gasteiger partial charge in [0.1, 0.15) is 5.76 Å². The first-order chi connectivity index (χ1) is 9.60. The molecule has 1 aromatic carbocycles. The lowest BCUT2D eigenvalue weighted by Crippen LogP contribution is -2.17. The fourth-order valence-electron chi connectivity index (χ4n) is 1.91. The lowest BCUT2D eigenvalue weighted by molar-refractivity contribution is 0.0563. The van der Waals surface area contributed by atoms with E-state index in [0.717, 1.165) is 0 Å². The molecule has 0 saturated heterocycles. The molecular formula is C16H19NO3. The van der Waals surface area contributed by atoms with Gasteiger partial charge in [-0.25, -0.2) is 4.79 Å². The lowest BCUT2D eigenvalue weighted by atomic mass is 10.1. The van der Waals surface area contributed by atoms with Gasteiger partial charge in [0.05, 0.1) is 13.7 Å². The summed E-state index contributed by atoms with van der Waals surface area (Å²) < 4.78 is 10.0. The number of furan rings is 1. The van der Waals surface area contributed by atoms with Crippen molar-refractivity contribution < 1.29 is 13.9 Å². The Balaban J connectivity index is 1.93. The van der Waals surface area contributed by atoms with E-state index < -0.39 is 5.97 Å². The minimum absolute atomic E-state index is 0.210. The van der Waals surface area contributed by atoms with E-state index >= 15 is 0 Å². The molecule has 0 radical (unpaired) electrons. The first-order valence-corrected chi connectivity index (χ1v) is 6.57. The molecule has 0 aliphatic carbocycles. The first kappa shape index (κ1) is 14.3. The number of hydrogen-bond acceptors (Lipinski definition) is 4. The zero-order valence-electron chi connectivity index (χ0n) is 12.0. The monoisotopic (exact) mass is 273 g/mol. The van der Waals surface area contributed by atoms with Gasteiger partial charge in [0.25, 0.3) is 0 Å². The highest BCUT2D eigenvalue weighted by molar-refractivity contribution is 5.86. The molecule has 0 bridgehead atoms. The van der Waals surface area contributed by atoms with Crippen molar-refractivity contribution >= 4 is 5.97 Å². The second-order valence-corrected chi connectivity index (χ2v) is 4.77. The van der Waals surface area contributed by atoms with Crippen LogP contribution in [0, 0.1) is 6.92 Å². The van der Waals surface area contributed by atoms with Gasteiger partial charge < -0.3 is 14.5 Å². The Hall–Kier alpha value is -2.07. The van der Waals surface area contributed by atoms with Crippen LogP contribution in [0.25, 0.3) is 0 Å². The number of nitrogens with one attached hydrogen (secondary N) is 1. The summed E-state index contributed by atoms with van der Waals surface area (Å²) in [5.74, 6) is 0.486. The Bertz CT molecular complexity index is 572. The topological polar surface area (TPSA) is 51.5 Å². The molecule has 2 rings (SSSR count). The Kier molecular flexibility index (Phi) is 4.58.